The van der Waals surface area contributed by atoms with Crippen LogP contribution in [0.4, 0.5) is 0 Å². The third-order valence-corrected chi connectivity index (χ3v) is 7.31. The van der Waals surface area contributed by atoms with Gasteiger partial charge in [0.25, 0.3) is 5.91 Å². The maximum absolute atomic E-state index is 12.9. The lowest BCUT2D eigenvalue weighted by atomic mass is 10.0. The van der Waals surface area contributed by atoms with Crippen molar-refractivity contribution >= 4 is 15.9 Å². The molecule has 2 heterocycles. The van der Waals surface area contributed by atoms with Gasteiger partial charge in [-0.25, -0.2) is 13.1 Å². The Balaban J connectivity index is 1.52. The molecule has 0 aliphatic carbocycles. The van der Waals surface area contributed by atoms with Crippen molar-refractivity contribution in [2.45, 2.75) is 50.1 Å². The van der Waals surface area contributed by atoms with Crippen molar-refractivity contribution in [1.82, 2.24) is 19.5 Å². The van der Waals surface area contributed by atoms with Crippen LogP contribution in [0.1, 0.15) is 42.7 Å². The van der Waals surface area contributed by atoms with Crippen LogP contribution in [0.25, 0.3) is 0 Å². The van der Waals surface area contributed by atoms with Crippen LogP contribution < -0.4 is 4.72 Å². The Hall–Kier alpha value is -2.29. The summed E-state index contributed by atoms with van der Waals surface area (Å²) >= 11 is 0. The molecule has 1 N–H and O–H groups in total. The van der Waals surface area contributed by atoms with E-state index in [9.17, 15) is 13.2 Å². The zero-order valence-electron chi connectivity index (χ0n) is 18.5. The van der Waals surface area contributed by atoms with Gasteiger partial charge in [0, 0.05) is 62.6 Å². The van der Waals surface area contributed by atoms with E-state index >= 15 is 0 Å². The lowest BCUT2D eigenvalue weighted by Gasteiger charge is -2.36. The van der Waals surface area contributed by atoms with Crippen molar-refractivity contribution in [3.63, 3.8) is 0 Å². The molecule has 0 bridgehead atoms. The maximum Gasteiger partial charge on any atom is 0.253 e. The van der Waals surface area contributed by atoms with Crippen molar-refractivity contribution in [3.05, 3.63) is 59.9 Å². The highest BCUT2D eigenvalue weighted by Gasteiger charge is 2.26. The number of rotatable bonds is 8. The first-order valence-corrected chi connectivity index (χ1v) is 12.3. The summed E-state index contributed by atoms with van der Waals surface area (Å²) in [5.41, 5.74) is 1.61. The van der Waals surface area contributed by atoms with Gasteiger partial charge in [-0.15, -0.1) is 0 Å². The Morgan fingerprint density at radius 3 is 2.42 bits per heavy atom. The minimum absolute atomic E-state index is 0.0762. The number of hydrogen-bond donors (Lipinski definition) is 1. The molecule has 1 aromatic heterocycles. The van der Waals surface area contributed by atoms with E-state index in [-0.39, 0.29) is 22.9 Å². The van der Waals surface area contributed by atoms with E-state index in [0.29, 0.717) is 5.56 Å². The first-order chi connectivity index (χ1) is 14.8. The van der Waals surface area contributed by atoms with Gasteiger partial charge in [0.15, 0.2) is 0 Å². The quantitative estimate of drug-likeness (QED) is 0.677. The molecule has 31 heavy (non-hydrogen) atoms. The molecule has 2 aromatic rings. The number of piperidine rings is 1. The van der Waals surface area contributed by atoms with Gasteiger partial charge in [0.2, 0.25) is 10.0 Å². The fourth-order valence-electron chi connectivity index (χ4n) is 3.87. The molecule has 0 unspecified atom stereocenters. The first kappa shape index (κ1) is 23.4. The summed E-state index contributed by atoms with van der Waals surface area (Å²) in [6, 6.07) is 12.2. The van der Waals surface area contributed by atoms with Crippen LogP contribution in [0.2, 0.25) is 0 Å². The lowest BCUT2D eigenvalue weighted by Crippen LogP contribution is -2.46. The van der Waals surface area contributed by atoms with Crippen LogP contribution in [-0.4, -0.2) is 67.9 Å². The summed E-state index contributed by atoms with van der Waals surface area (Å²) < 4.78 is 27.1. The topological polar surface area (TPSA) is 82.6 Å². The normalized spacial score (nSPS) is 15.9. The van der Waals surface area contributed by atoms with Crippen molar-refractivity contribution < 1.29 is 13.2 Å². The van der Waals surface area contributed by atoms with E-state index in [1.54, 1.807) is 30.9 Å². The SMILES string of the molecule is CC(C)NS(=O)(=O)c1ccc(C(=O)N(C)C2CCN(CCc3ccccn3)CC2)cc1. The third kappa shape index (κ3) is 6.35. The smallest absolute Gasteiger partial charge is 0.253 e. The molecule has 1 fully saturated rings. The number of likely N-dealkylation sites (tertiary alicyclic amines) is 1. The Morgan fingerprint density at radius 2 is 1.84 bits per heavy atom. The second kappa shape index (κ2) is 10.3. The summed E-state index contributed by atoms with van der Waals surface area (Å²) in [4.78, 5) is 21.7. The number of nitrogens with zero attached hydrogens (tertiary/aromatic N) is 3. The summed E-state index contributed by atoms with van der Waals surface area (Å²) in [6.45, 7) is 6.42. The van der Waals surface area contributed by atoms with Crippen LogP contribution in [0.5, 0.6) is 0 Å². The molecule has 168 valence electrons. The number of carbonyl (C=O) groups is 1. The Kier molecular flexibility index (Phi) is 7.80. The van der Waals surface area contributed by atoms with Gasteiger partial charge >= 0.3 is 0 Å². The number of sulfonamides is 1. The molecular formula is C23H32N4O3S. The summed E-state index contributed by atoms with van der Waals surface area (Å²) in [6.07, 6.45) is 4.61. The van der Waals surface area contributed by atoms with Crippen LogP contribution in [0, 0.1) is 0 Å². The van der Waals surface area contributed by atoms with E-state index in [1.165, 1.54) is 12.1 Å². The highest BCUT2D eigenvalue weighted by atomic mass is 32.2. The zero-order valence-corrected chi connectivity index (χ0v) is 19.3. The molecule has 1 aliphatic rings. The third-order valence-electron chi connectivity index (χ3n) is 5.64. The largest absolute Gasteiger partial charge is 0.339 e. The number of pyridine rings is 1. The van der Waals surface area contributed by atoms with Crippen molar-refractivity contribution in [2.24, 2.45) is 0 Å². The molecule has 0 saturated carbocycles. The van der Waals surface area contributed by atoms with Gasteiger partial charge in [-0.2, -0.15) is 0 Å². The molecule has 7 nitrogen and oxygen atoms in total. The standard InChI is InChI=1S/C23H32N4O3S/c1-18(2)25-31(29,30)22-9-7-19(8-10-22)23(28)26(3)21-12-16-27(17-13-21)15-11-20-6-4-5-14-24-20/h4-10,14,18,21,25H,11-13,15-17H2,1-3H3. The van der Waals surface area contributed by atoms with Crippen molar-refractivity contribution in [3.8, 4) is 0 Å². The monoisotopic (exact) mass is 444 g/mol. The first-order valence-electron chi connectivity index (χ1n) is 10.8. The molecule has 8 heteroatoms. The maximum atomic E-state index is 12.9. The second-order valence-corrected chi connectivity index (χ2v) is 10.1. The fraction of sp³-hybridized carbons (Fsp3) is 0.478. The lowest BCUT2D eigenvalue weighted by molar-refractivity contribution is 0.0643. The summed E-state index contributed by atoms with van der Waals surface area (Å²) in [5.74, 6) is -0.0762. The molecular weight excluding hydrogens is 412 g/mol. The minimum atomic E-state index is -3.56. The van der Waals surface area contributed by atoms with Gasteiger partial charge in [0.05, 0.1) is 4.90 Å². The number of aromatic nitrogens is 1. The van der Waals surface area contributed by atoms with Gasteiger partial charge in [0.1, 0.15) is 0 Å². The fourth-order valence-corrected chi connectivity index (χ4v) is 5.12. The predicted octanol–water partition coefficient (Wildman–Crippen LogP) is 2.55. The highest BCUT2D eigenvalue weighted by molar-refractivity contribution is 7.89. The van der Waals surface area contributed by atoms with Crippen LogP contribution >= 0.6 is 0 Å². The van der Waals surface area contributed by atoms with E-state index < -0.39 is 10.0 Å². The number of nitrogens with one attached hydrogen (secondary N) is 1. The van der Waals surface area contributed by atoms with Crippen LogP contribution in [0.15, 0.2) is 53.6 Å². The number of benzene rings is 1. The van der Waals surface area contributed by atoms with Crippen LogP contribution in [-0.2, 0) is 16.4 Å². The Morgan fingerprint density at radius 1 is 1.16 bits per heavy atom. The molecule has 1 amide bonds. The van der Waals surface area contributed by atoms with E-state index in [0.717, 1.165) is 44.6 Å². The van der Waals surface area contributed by atoms with E-state index in [4.69, 9.17) is 0 Å². The van der Waals surface area contributed by atoms with Crippen molar-refractivity contribution in [1.29, 1.82) is 0 Å². The Labute approximate surface area is 185 Å². The molecule has 1 saturated heterocycles. The number of amides is 1. The predicted molar refractivity (Wildman–Crippen MR) is 121 cm³/mol. The summed E-state index contributed by atoms with van der Waals surface area (Å²) in [7, 11) is -1.72. The molecule has 0 atom stereocenters. The van der Waals surface area contributed by atoms with Gasteiger partial charge in [-0.1, -0.05) is 6.07 Å². The van der Waals surface area contributed by atoms with Crippen molar-refractivity contribution in [2.75, 3.05) is 26.7 Å². The van der Waals surface area contributed by atoms with Gasteiger partial charge in [-0.05, 0) is 63.1 Å². The molecule has 1 aliphatic heterocycles. The summed E-state index contributed by atoms with van der Waals surface area (Å²) in [5, 5.41) is 0. The second-order valence-electron chi connectivity index (χ2n) is 8.36. The number of carbonyl (C=O) groups excluding carboxylic acids is 1. The van der Waals surface area contributed by atoms with Crippen LogP contribution in [0.3, 0.4) is 0 Å². The van der Waals surface area contributed by atoms with Gasteiger partial charge < -0.3 is 9.80 Å². The molecule has 1 aromatic carbocycles. The van der Waals surface area contributed by atoms with Gasteiger partial charge in [-0.3, -0.25) is 9.78 Å². The average Bonchev–Trinajstić information content (AvgIpc) is 2.77. The molecule has 0 radical (unpaired) electrons. The Bertz CT molecular complexity index is 954. The highest BCUT2D eigenvalue weighted by Crippen LogP contribution is 2.19. The van der Waals surface area contributed by atoms with E-state index in [1.807, 2.05) is 25.4 Å². The molecule has 3 rings (SSSR count). The average molecular weight is 445 g/mol. The number of hydrogen-bond acceptors (Lipinski definition) is 5. The zero-order chi connectivity index (χ0) is 22.4. The van der Waals surface area contributed by atoms with E-state index in [2.05, 4.69) is 20.7 Å². The minimum Gasteiger partial charge on any atom is -0.339 e. The molecule has 0 spiro atoms.